The van der Waals surface area contributed by atoms with Gasteiger partial charge in [0.05, 0.1) is 6.54 Å². The summed E-state index contributed by atoms with van der Waals surface area (Å²) in [5.74, 6) is 1.19. The van der Waals surface area contributed by atoms with Crippen LogP contribution in [-0.2, 0) is 16.1 Å². The van der Waals surface area contributed by atoms with Crippen molar-refractivity contribution in [2.45, 2.75) is 19.4 Å². The van der Waals surface area contributed by atoms with Gasteiger partial charge in [0.2, 0.25) is 11.8 Å². The maximum absolute atomic E-state index is 11.5. The van der Waals surface area contributed by atoms with Gasteiger partial charge in [0.15, 0.2) is 11.5 Å². The summed E-state index contributed by atoms with van der Waals surface area (Å²) in [7, 11) is 0. The van der Waals surface area contributed by atoms with Gasteiger partial charge in [0.25, 0.3) is 0 Å². The van der Waals surface area contributed by atoms with Gasteiger partial charge in [-0.05, 0) is 17.7 Å². The molecule has 2 aliphatic heterocycles. The Kier molecular flexibility index (Phi) is 2.66. The van der Waals surface area contributed by atoms with E-state index in [0.29, 0.717) is 44.1 Å². The van der Waals surface area contributed by atoms with Gasteiger partial charge >= 0.3 is 0 Å². The molecular formula is C13H13NO4. The Hall–Kier alpha value is -2.04. The summed E-state index contributed by atoms with van der Waals surface area (Å²) in [6.07, 6.45) is 0.646. The molecule has 1 fully saturated rings. The molecule has 1 saturated heterocycles. The summed E-state index contributed by atoms with van der Waals surface area (Å²) in [6, 6.07) is 5.49. The SMILES string of the molecule is O=C1CCC(=O)N1Cc1ccc2c(c1)OCCO2. The zero-order valence-electron chi connectivity index (χ0n) is 9.85. The van der Waals surface area contributed by atoms with Crippen molar-refractivity contribution in [3.05, 3.63) is 23.8 Å². The minimum absolute atomic E-state index is 0.102. The average Bonchev–Trinajstić information content (AvgIpc) is 2.70. The molecule has 3 rings (SSSR count). The maximum atomic E-state index is 11.5. The first kappa shape index (κ1) is 11.1. The predicted molar refractivity (Wildman–Crippen MR) is 62.2 cm³/mol. The van der Waals surface area contributed by atoms with Crippen LogP contribution < -0.4 is 9.47 Å². The maximum Gasteiger partial charge on any atom is 0.229 e. The fourth-order valence-electron chi connectivity index (χ4n) is 2.17. The van der Waals surface area contributed by atoms with Crippen LogP contribution in [0.15, 0.2) is 18.2 Å². The highest BCUT2D eigenvalue weighted by Crippen LogP contribution is 2.31. The first-order valence-electron chi connectivity index (χ1n) is 5.96. The summed E-state index contributed by atoms with van der Waals surface area (Å²) in [5.41, 5.74) is 0.878. The van der Waals surface area contributed by atoms with Crippen molar-refractivity contribution in [1.82, 2.24) is 4.90 Å². The molecule has 5 heteroatoms. The molecule has 94 valence electrons. The normalized spacial score (nSPS) is 18.3. The average molecular weight is 247 g/mol. The summed E-state index contributed by atoms with van der Waals surface area (Å²) in [4.78, 5) is 24.4. The van der Waals surface area contributed by atoms with Crippen LogP contribution in [-0.4, -0.2) is 29.9 Å². The van der Waals surface area contributed by atoms with Crippen molar-refractivity contribution < 1.29 is 19.1 Å². The largest absolute Gasteiger partial charge is 0.486 e. The van der Waals surface area contributed by atoms with Crippen LogP contribution in [0.2, 0.25) is 0 Å². The van der Waals surface area contributed by atoms with Gasteiger partial charge in [-0.1, -0.05) is 6.07 Å². The lowest BCUT2D eigenvalue weighted by Crippen LogP contribution is -2.28. The van der Waals surface area contributed by atoms with Crippen LogP contribution in [0.5, 0.6) is 11.5 Å². The number of hydrogen-bond acceptors (Lipinski definition) is 4. The number of carbonyl (C=O) groups excluding carboxylic acids is 2. The molecule has 0 atom stereocenters. The van der Waals surface area contributed by atoms with E-state index in [0.717, 1.165) is 5.56 Å². The quantitative estimate of drug-likeness (QED) is 0.734. The van der Waals surface area contributed by atoms with Gasteiger partial charge in [0.1, 0.15) is 13.2 Å². The summed E-state index contributed by atoms with van der Waals surface area (Å²) in [6.45, 7) is 1.39. The first-order chi connectivity index (χ1) is 8.74. The Bertz CT molecular complexity index is 496. The number of likely N-dealkylation sites (tertiary alicyclic amines) is 1. The monoisotopic (exact) mass is 247 g/mol. The van der Waals surface area contributed by atoms with Gasteiger partial charge < -0.3 is 9.47 Å². The molecule has 2 amide bonds. The standard InChI is InChI=1S/C13H13NO4/c15-12-3-4-13(16)14(12)8-9-1-2-10-11(7-9)18-6-5-17-10/h1-2,7H,3-6,8H2. The molecule has 1 aromatic carbocycles. The van der Waals surface area contributed by atoms with Crippen molar-refractivity contribution in [2.75, 3.05) is 13.2 Å². The third-order valence-electron chi connectivity index (χ3n) is 3.10. The zero-order chi connectivity index (χ0) is 12.5. The molecule has 0 N–H and O–H groups in total. The molecule has 0 bridgehead atoms. The van der Waals surface area contributed by atoms with Crippen LogP contribution in [0.25, 0.3) is 0 Å². The third-order valence-corrected chi connectivity index (χ3v) is 3.10. The molecule has 2 aliphatic rings. The number of fused-ring (bicyclic) bond motifs is 1. The number of benzene rings is 1. The van der Waals surface area contributed by atoms with Crippen LogP contribution >= 0.6 is 0 Å². The van der Waals surface area contributed by atoms with E-state index in [9.17, 15) is 9.59 Å². The van der Waals surface area contributed by atoms with Crippen molar-refractivity contribution in [3.63, 3.8) is 0 Å². The van der Waals surface area contributed by atoms with Crippen LogP contribution in [0.3, 0.4) is 0 Å². The predicted octanol–water partition coefficient (Wildman–Crippen LogP) is 1.11. The lowest BCUT2D eigenvalue weighted by atomic mass is 10.2. The second kappa shape index (κ2) is 4.33. The molecule has 2 heterocycles. The number of amides is 2. The van der Waals surface area contributed by atoms with Crippen molar-refractivity contribution >= 4 is 11.8 Å². The number of hydrogen-bond donors (Lipinski definition) is 0. The molecular weight excluding hydrogens is 234 g/mol. The van der Waals surface area contributed by atoms with Crippen molar-refractivity contribution in [3.8, 4) is 11.5 Å². The molecule has 0 spiro atoms. The summed E-state index contributed by atoms with van der Waals surface area (Å²) >= 11 is 0. The fraction of sp³-hybridized carbons (Fsp3) is 0.385. The lowest BCUT2D eigenvalue weighted by molar-refractivity contribution is -0.139. The van der Waals surface area contributed by atoms with E-state index in [1.165, 1.54) is 4.90 Å². The van der Waals surface area contributed by atoms with Crippen LogP contribution in [0, 0.1) is 0 Å². The van der Waals surface area contributed by atoms with E-state index < -0.39 is 0 Å². The third kappa shape index (κ3) is 1.92. The molecule has 0 aromatic heterocycles. The van der Waals surface area contributed by atoms with Gasteiger partial charge in [-0.3, -0.25) is 14.5 Å². The minimum Gasteiger partial charge on any atom is -0.486 e. The van der Waals surface area contributed by atoms with E-state index in [1.54, 1.807) is 0 Å². The zero-order valence-corrected chi connectivity index (χ0v) is 9.85. The number of ether oxygens (including phenoxy) is 2. The Morgan fingerprint density at radius 2 is 1.67 bits per heavy atom. The molecule has 0 aliphatic carbocycles. The second-order valence-corrected chi connectivity index (χ2v) is 4.35. The highest BCUT2D eigenvalue weighted by molar-refractivity contribution is 6.01. The van der Waals surface area contributed by atoms with E-state index in [1.807, 2.05) is 18.2 Å². The molecule has 18 heavy (non-hydrogen) atoms. The topological polar surface area (TPSA) is 55.8 Å². The van der Waals surface area contributed by atoms with Gasteiger partial charge in [-0.25, -0.2) is 0 Å². The van der Waals surface area contributed by atoms with Crippen molar-refractivity contribution in [2.24, 2.45) is 0 Å². The molecule has 0 radical (unpaired) electrons. The summed E-state index contributed by atoms with van der Waals surface area (Å²) in [5, 5.41) is 0. The Morgan fingerprint density at radius 1 is 1.00 bits per heavy atom. The van der Waals surface area contributed by atoms with E-state index in [-0.39, 0.29) is 11.8 Å². The second-order valence-electron chi connectivity index (χ2n) is 4.35. The lowest BCUT2D eigenvalue weighted by Gasteiger charge is -2.20. The van der Waals surface area contributed by atoms with Gasteiger partial charge in [-0.2, -0.15) is 0 Å². The minimum atomic E-state index is -0.102. The van der Waals surface area contributed by atoms with Crippen molar-refractivity contribution in [1.29, 1.82) is 0 Å². The van der Waals surface area contributed by atoms with E-state index >= 15 is 0 Å². The number of carbonyl (C=O) groups is 2. The van der Waals surface area contributed by atoms with E-state index in [2.05, 4.69) is 0 Å². The number of imide groups is 1. The number of nitrogens with zero attached hydrogens (tertiary/aromatic N) is 1. The highest BCUT2D eigenvalue weighted by Gasteiger charge is 2.28. The number of rotatable bonds is 2. The summed E-state index contributed by atoms with van der Waals surface area (Å²) < 4.78 is 10.9. The highest BCUT2D eigenvalue weighted by atomic mass is 16.6. The van der Waals surface area contributed by atoms with Crippen LogP contribution in [0.1, 0.15) is 18.4 Å². The van der Waals surface area contributed by atoms with Crippen LogP contribution in [0.4, 0.5) is 0 Å². The Balaban J connectivity index is 1.80. The van der Waals surface area contributed by atoms with Gasteiger partial charge in [0, 0.05) is 12.8 Å². The van der Waals surface area contributed by atoms with E-state index in [4.69, 9.17) is 9.47 Å². The van der Waals surface area contributed by atoms with Gasteiger partial charge in [-0.15, -0.1) is 0 Å². The fourth-order valence-corrected chi connectivity index (χ4v) is 2.17. The Morgan fingerprint density at radius 3 is 2.39 bits per heavy atom. The Labute approximate surface area is 104 Å². The smallest absolute Gasteiger partial charge is 0.229 e. The molecule has 5 nitrogen and oxygen atoms in total. The molecule has 0 unspecified atom stereocenters. The molecule has 0 saturated carbocycles. The first-order valence-corrected chi connectivity index (χ1v) is 5.96. The molecule has 1 aromatic rings.